The normalized spacial score (nSPS) is 11.0. The van der Waals surface area contributed by atoms with E-state index >= 15 is 0 Å². The van der Waals surface area contributed by atoms with Gasteiger partial charge in [-0.3, -0.25) is 9.59 Å². The van der Waals surface area contributed by atoms with Crippen LogP contribution in [0.5, 0.6) is 11.5 Å². The highest BCUT2D eigenvalue weighted by Crippen LogP contribution is 2.41. The number of carbonyl (C=O) groups excluding carboxylic acids is 2. The number of fused-ring (bicyclic) bond motifs is 6. The molecule has 0 unspecified atom stereocenters. The van der Waals surface area contributed by atoms with Crippen molar-refractivity contribution in [2.75, 3.05) is 13.2 Å². The van der Waals surface area contributed by atoms with E-state index in [1.165, 1.54) is 10.8 Å². The molecule has 10 aromatic rings. The third kappa shape index (κ3) is 7.47. The summed E-state index contributed by atoms with van der Waals surface area (Å²) in [4.78, 5) is 24.4. The van der Waals surface area contributed by atoms with Crippen LogP contribution in [-0.2, 0) is 0 Å². The van der Waals surface area contributed by atoms with E-state index in [2.05, 4.69) is 72.8 Å². The average molecular weight is 757 g/mol. The van der Waals surface area contributed by atoms with Gasteiger partial charge in [0.2, 0.25) is 0 Å². The maximum Gasteiger partial charge on any atom is 0.200 e. The lowest BCUT2D eigenvalue weighted by atomic mass is 9.95. The van der Waals surface area contributed by atoms with Gasteiger partial charge in [-0.2, -0.15) is 0 Å². The molecule has 58 heavy (non-hydrogen) atoms. The largest absolute Gasteiger partial charge is 0.485 e. The number of ether oxygens (including phenoxy) is 2. The van der Waals surface area contributed by atoms with Crippen molar-refractivity contribution in [2.24, 2.45) is 0 Å². The zero-order chi connectivity index (χ0) is 39.3. The lowest BCUT2D eigenvalue weighted by Gasteiger charge is -2.09. The summed E-state index contributed by atoms with van der Waals surface area (Å²) in [6.45, 7) is -0.0311. The molecule has 0 aliphatic heterocycles. The van der Waals surface area contributed by atoms with Crippen molar-refractivity contribution >= 4 is 55.0 Å². The fourth-order valence-electron chi connectivity index (χ4n) is 7.23. The van der Waals surface area contributed by atoms with Crippen molar-refractivity contribution in [1.29, 1.82) is 0 Å². The molecule has 8 aromatic carbocycles. The van der Waals surface area contributed by atoms with Gasteiger partial charge >= 0.3 is 0 Å². The predicted octanol–water partition coefficient (Wildman–Crippen LogP) is 13.0. The Morgan fingerprint density at radius 3 is 1.19 bits per heavy atom. The van der Waals surface area contributed by atoms with Gasteiger partial charge in [-0.25, -0.2) is 0 Å². The van der Waals surface area contributed by atoms with Crippen LogP contribution >= 0.6 is 0 Å². The number of carbonyl (C=O) groups is 2. The van der Waals surface area contributed by atoms with Crippen LogP contribution < -0.4 is 9.47 Å². The fraction of sp³-hybridized carbons (Fsp3) is 0.0385. The molecular formula is C52H36O6. The van der Waals surface area contributed by atoms with Gasteiger partial charge in [0, 0.05) is 33.0 Å². The van der Waals surface area contributed by atoms with Crippen LogP contribution in [-0.4, -0.2) is 24.8 Å². The predicted molar refractivity (Wildman–Crippen MR) is 231 cm³/mol. The van der Waals surface area contributed by atoms with Gasteiger partial charge in [0.25, 0.3) is 0 Å². The molecule has 0 saturated heterocycles. The van der Waals surface area contributed by atoms with E-state index in [0.29, 0.717) is 22.6 Å². The summed E-state index contributed by atoms with van der Waals surface area (Å²) < 4.78 is 23.1. The number of hydrogen-bond donors (Lipinski definition) is 0. The smallest absolute Gasteiger partial charge is 0.200 e. The van der Waals surface area contributed by atoms with Crippen LogP contribution in [0.3, 0.4) is 0 Å². The third-order valence-electron chi connectivity index (χ3n) is 10.2. The number of hydrogen-bond acceptors (Lipinski definition) is 6. The second-order valence-electron chi connectivity index (χ2n) is 13.8. The van der Waals surface area contributed by atoms with Crippen molar-refractivity contribution in [3.8, 4) is 33.8 Å². The molecule has 0 aliphatic carbocycles. The molecule has 6 heteroatoms. The molecule has 2 heterocycles. The highest BCUT2D eigenvalue weighted by atomic mass is 16.5. The summed E-state index contributed by atoms with van der Waals surface area (Å²) in [5, 5.41) is 6.56. The molecule has 0 amide bonds. The maximum absolute atomic E-state index is 12.2. The Hall–Kier alpha value is -7.70. The van der Waals surface area contributed by atoms with Gasteiger partial charge < -0.3 is 18.3 Å². The minimum Gasteiger partial charge on any atom is -0.485 e. The van der Waals surface area contributed by atoms with Crippen molar-refractivity contribution in [3.05, 3.63) is 206 Å². The Morgan fingerprint density at radius 1 is 0.414 bits per heavy atom. The second kappa shape index (κ2) is 16.2. The van der Waals surface area contributed by atoms with E-state index in [4.69, 9.17) is 18.3 Å². The van der Waals surface area contributed by atoms with Crippen molar-refractivity contribution in [1.82, 2.24) is 0 Å². The summed E-state index contributed by atoms with van der Waals surface area (Å²) in [5.41, 5.74) is 7.60. The minimum absolute atomic E-state index is 0.0156. The van der Waals surface area contributed by atoms with Crippen LogP contribution in [0.2, 0.25) is 0 Å². The summed E-state index contributed by atoms with van der Waals surface area (Å²) in [7, 11) is 0. The number of benzene rings is 8. The molecule has 6 nitrogen and oxygen atoms in total. The highest BCUT2D eigenvalue weighted by Gasteiger charge is 2.17. The molecule has 0 spiro atoms. The van der Waals surface area contributed by atoms with Gasteiger partial charge in [-0.15, -0.1) is 0 Å². The first-order chi connectivity index (χ1) is 28.6. The van der Waals surface area contributed by atoms with Crippen LogP contribution in [0.1, 0.15) is 20.7 Å². The zero-order valence-corrected chi connectivity index (χ0v) is 31.3. The quantitative estimate of drug-likeness (QED) is 0.129. The second-order valence-corrected chi connectivity index (χ2v) is 13.8. The van der Waals surface area contributed by atoms with Crippen LogP contribution in [0.4, 0.5) is 0 Å². The Morgan fingerprint density at radius 2 is 0.793 bits per heavy atom. The molecule has 0 bridgehead atoms. The maximum atomic E-state index is 12.2. The molecular weight excluding hydrogens is 721 g/mol. The molecule has 0 atom stereocenters. The van der Waals surface area contributed by atoms with Crippen LogP contribution in [0.15, 0.2) is 203 Å². The average Bonchev–Trinajstić information content (AvgIpc) is 3.94. The highest BCUT2D eigenvalue weighted by molar-refractivity contribution is 6.22. The summed E-state index contributed by atoms with van der Waals surface area (Å²) in [6.07, 6.45) is 3.72. The van der Waals surface area contributed by atoms with Crippen LogP contribution in [0.25, 0.3) is 65.7 Å². The molecule has 0 radical (unpaired) electrons. The van der Waals surface area contributed by atoms with E-state index in [9.17, 15) is 9.59 Å². The number of rotatable bonds is 10. The van der Waals surface area contributed by atoms with Crippen LogP contribution in [0, 0.1) is 0 Å². The van der Waals surface area contributed by atoms with Gasteiger partial charge in [0.1, 0.15) is 22.7 Å². The van der Waals surface area contributed by atoms with E-state index in [0.717, 1.165) is 55.0 Å². The molecule has 2 aromatic heterocycles. The first-order valence-electron chi connectivity index (χ1n) is 19.0. The molecule has 0 fully saturated rings. The monoisotopic (exact) mass is 756 g/mol. The zero-order valence-electron chi connectivity index (χ0n) is 31.3. The molecule has 0 aliphatic rings. The van der Waals surface area contributed by atoms with Crippen molar-refractivity contribution in [2.45, 2.75) is 0 Å². The summed E-state index contributed by atoms with van der Waals surface area (Å²) in [5.74, 6) is 1.12. The Bertz CT molecular complexity index is 2810. The van der Waals surface area contributed by atoms with Gasteiger partial charge in [0.15, 0.2) is 24.8 Å². The van der Waals surface area contributed by atoms with E-state index in [1.807, 2.05) is 97.5 Å². The molecule has 0 saturated carbocycles. The number of furan rings is 2. The van der Waals surface area contributed by atoms with Crippen molar-refractivity contribution < 1.29 is 27.9 Å². The lowest BCUT2D eigenvalue weighted by molar-refractivity contribution is 0.0915. The van der Waals surface area contributed by atoms with Gasteiger partial charge in [0.05, 0.1) is 12.5 Å². The summed E-state index contributed by atoms with van der Waals surface area (Å²) >= 11 is 0. The first kappa shape index (κ1) is 36.0. The SMILES string of the molecule is O=C(COc1ccc2cc(OCC(=O)c3ccccc3)ccc2c1)c1ccccc1.c1ccc(-c2coc3ccc4c(ccc5occ(-c6ccccc6)c54)c23)cc1. The Kier molecular flexibility index (Phi) is 10.0. The minimum atomic E-state index is -0.0671. The molecule has 10 rings (SSSR count). The van der Waals surface area contributed by atoms with Crippen molar-refractivity contribution in [3.63, 3.8) is 0 Å². The standard InChI is InChI=1S/C26H20O4.C26H16O2/c27-25(19-7-3-1-4-8-19)17-29-23-13-11-22-16-24(14-12-21(22)15-23)30-18-26(28)20-9-5-2-6-10-20;1-3-7-17(8-4-1)21-15-27-23-13-12-20-19(25(21)23)11-14-24-26(20)22(16-28-24)18-9-5-2-6-10-18/h1-16H,17-18H2;1-16H. The first-order valence-corrected chi connectivity index (χ1v) is 19.0. The van der Waals surface area contributed by atoms with Gasteiger partial charge in [-0.1, -0.05) is 133 Å². The Balaban J connectivity index is 0.000000150. The number of Topliss-reactive ketones (excluding diaryl/α,β-unsaturated/α-hetero) is 2. The van der Waals surface area contributed by atoms with E-state index in [1.54, 1.807) is 24.3 Å². The number of ketones is 2. The topological polar surface area (TPSA) is 78.9 Å². The third-order valence-corrected chi connectivity index (χ3v) is 10.2. The molecule has 280 valence electrons. The van der Waals surface area contributed by atoms with Gasteiger partial charge in [-0.05, 0) is 81.2 Å². The van der Waals surface area contributed by atoms with E-state index < -0.39 is 0 Å². The lowest BCUT2D eigenvalue weighted by Crippen LogP contribution is -2.11. The molecule has 0 N–H and O–H groups in total. The summed E-state index contributed by atoms with van der Waals surface area (Å²) in [6, 6.07) is 58.5. The Labute approximate surface area is 334 Å². The van der Waals surface area contributed by atoms with E-state index in [-0.39, 0.29) is 24.8 Å². The fourth-order valence-corrected chi connectivity index (χ4v) is 7.23.